The van der Waals surface area contributed by atoms with Gasteiger partial charge in [0.2, 0.25) is 0 Å². The van der Waals surface area contributed by atoms with Crippen LogP contribution in [0.1, 0.15) is 31.7 Å². The summed E-state index contributed by atoms with van der Waals surface area (Å²) in [5, 5.41) is 14.2. The predicted octanol–water partition coefficient (Wildman–Crippen LogP) is 2.33. The highest BCUT2D eigenvalue weighted by atomic mass is 16.6. The highest BCUT2D eigenvalue weighted by molar-refractivity contribution is 5.81. The van der Waals surface area contributed by atoms with E-state index in [4.69, 9.17) is 0 Å². The third-order valence-electron chi connectivity index (χ3n) is 4.45. The third kappa shape index (κ3) is 2.63. The molecule has 1 aromatic rings. The molecule has 0 aliphatic carbocycles. The van der Waals surface area contributed by atoms with Crippen LogP contribution < -0.4 is 5.32 Å². The Kier molecular flexibility index (Phi) is 3.63. The van der Waals surface area contributed by atoms with E-state index in [1.165, 1.54) is 0 Å². The molecule has 0 bridgehead atoms. The van der Waals surface area contributed by atoms with Crippen LogP contribution in [0.3, 0.4) is 0 Å². The smallest absolute Gasteiger partial charge is 0.271 e. The largest absolute Gasteiger partial charge is 0.369 e. The molecule has 6 heteroatoms. The van der Waals surface area contributed by atoms with Crippen LogP contribution in [-0.4, -0.2) is 34.4 Å². The quantitative estimate of drug-likeness (QED) is 0.682. The van der Waals surface area contributed by atoms with Crippen LogP contribution in [0.25, 0.3) is 0 Å². The zero-order chi connectivity index (χ0) is 15.0. The summed E-state index contributed by atoms with van der Waals surface area (Å²) in [6, 6.07) is 4.91. The average Bonchev–Trinajstić information content (AvgIpc) is 2.89. The van der Waals surface area contributed by atoms with Crippen molar-refractivity contribution < 1.29 is 9.72 Å². The molecule has 0 saturated carbocycles. The monoisotopic (exact) mass is 289 g/mol. The number of nitro groups is 1. The lowest BCUT2D eigenvalue weighted by atomic mass is 9.98. The van der Waals surface area contributed by atoms with Crippen molar-refractivity contribution in [2.24, 2.45) is 0 Å². The van der Waals surface area contributed by atoms with Gasteiger partial charge in [-0.25, -0.2) is 0 Å². The minimum Gasteiger partial charge on any atom is -0.369 e. The number of hydrogen-bond acceptors (Lipinski definition) is 5. The van der Waals surface area contributed by atoms with E-state index in [2.05, 4.69) is 10.2 Å². The molecule has 2 aliphatic heterocycles. The van der Waals surface area contributed by atoms with Gasteiger partial charge in [0.25, 0.3) is 5.69 Å². The predicted molar refractivity (Wildman–Crippen MR) is 79.2 cm³/mol. The molecule has 1 N–H and O–H groups in total. The minimum absolute atomic E-state index is 0.0273. The molecule has 21 heavy (non-hydrogen) atoms. The molecule has 0 aromatic heterocycles. The van der Waals surface area contributed by atoms with E-state index in [1.54, 1.807) is 19.1 Å². The van der Waals surface area contributed by atoms with Crippen LogP contribution in [0.5, 0.6) is 0 Å². The number of nitrogens with zero attached hydrogens (tertiary/aromatic N) is 2. The fourth-order valence-corrected chi connectivity index (χ4v) is 3.39. The number of hydrogen-bond donors (Lipinski definition) is 1. The van der Waals surface area contributed by atoms with Crippen molar-refractivity contribution in [1.82, 2.24) is 4.90 Å². The summed E-state index contributed by atoms with van der Waals surface area (Å²) in [5.41, 5.74) is 2.00. The standard InChI is InChI=1S/C15H19N3O3/c1-10(19)14-4-2-3-7-17(14)15-8-11-5-6-12(18(20)21)9-13(11)16-15/h5-6,9,14-16H,2-4,7-8H2,1H3. The van der Waals surface area contributed by atoms with Gasteiger partial charge in [-0.15, -0.1) is 0 Å². The fourth-order valence-electron chi connectivity index (χ4n) is 3.39. The summed E-state index contributed by atoms with van der Waals surface area (Å²) in [6.45, 7) is 2.55. The van der Waals surface area contributed by atoms with Gasteiger partial charge in [0, 0.05) is 30.8 Å². The number of anilines is 1. The summed E-state index contributed by atoms with van der Waals surface area (Å²) in [4.78, 5) is 24.5. The first-order chi connectivity index (χ1) is 10.1. The Morgan fingerprint density at radius 1 is 1.43 bits per heavy atom. The number of rotatable bonds is 3. The number of carbonyl (C=O) groups excluding carboxylic acids is 1. The van der Waals surface area contributed by atoms with E-state index in [0.29, 0.717) is 0 Å². The number of nitro benzene ring substituents is 1. The van der Waals surface area contributed by atoms with Crippen LogP contribution >= 0.6 is 0 Å². The lowest BCUT2D eigenvalue weighted by Crippen LogP contribution is -2.51. The zero-order valence-corrected chi connectivity index (χ0v) is 12.0. The maximum absolute atomic E-state index is 11.8. The van der Waals surface area contributed by atoms with Gasteiger partial charge in [-0.05, 0) is 25.3 Å². The van der Waals surface area contributed by atoms with Gasteiger partial charge < -0.3 is 5.32 Å². The van der Waals surface area contributed by atoms with Gasteiger partial charge in [0.15, 0.2) is 0 Å². The minimum atomic E-state index is -0.380. The summed E-state index contributed by atoms with van der Waals surface area (Å²) < 4.78 is 0. The summed E-state index contributed by atoms with van der Waals surface area (Å²) >= 11 is 0. The van der Waals surface area contributed by atoms with Crippen LogP contribution in [-0.2, 0) is 11.2 Å². The molecule has 2 heterocycles. The van der Waals surface area contributed by atoms with E-state index in [9.17, 15) is 14.9 Å². The molecule has 0 radical (unpaired) electrons. The number of fused-ring (bicyclic) bond motifs is 1. The van der Waals surface area contributed by atoms with E-state index in [0.717, 1.165) is 43.5 Å². The fraction of sp³-hybridized carbons (Fsp3) is 0.533. The van der Waals surface area contributed by atoms with Crippen molar-refractivity contribution in [3.63, 3.8) is 0 Å². The van der Waals surface area contributed by atoms with Gasteiger partial charge in [-0.1, -0.05) is 12.5 Å². The molecule has 2 unspecified atom stereocenters. The Labute approximate surface area is 123 Å². The number of likely N-dealkylation sites (tertiary alicyclic amines) is 1. The van der Waals surface area contributed by atoms with E-state index < -0.39 is 0 Å². The Bertz CT molecular complexity index is 588. The van der Waals surface area contributed by atoms with E-state index in [1.807, 2.05) is 6.07 Å². The van der Waals surface area contributed by atoms with Crippen molar-refractivity contribution in [3.05, 3.63) is 33.9 Å². The molecule has 3 rings (SSSR count). The summed E-state index contributed by atoms with van der Waals surface area (Å²) in [6.07, 6.45) is 3.95. The normalized spacial score (nSPS) is 25.2. The Hall–Kier alpha value is -1.95. The molecule has 112 valence electrons. The molecule has 0 amide bonds. The van der Waals surface area contributed by atoms with Crippen molar-refractivity contribution in [2.45, 2.75) is 44.8 Å². The number of nitrogens with one attached hydrogen (secondary N) is 1. The molecule has 1 aromatic carbocycles. The van der Waals surface area contributed by atoms with E-state index >= 15 is 0 Å². The highest BCUT2D eigenvalue weighted by Gasteiger charge is 2.35. The van der Waals surface area contributed by atoms with Crippen molar-refractivity contribution in [3.8, 4) is 0 Å². The number of piperidine rings is 1. The molecule has 6 nitrogen and oxygen atoms in total. The van der Waals surface area contributed by atoms with Gasteiger partial charge in [0.05, 0.1) is 17.1 Å². The second-order valence-electron chi connectivity index (χ2n) is 5.82. The first-order valence-corrected chi connectivity index (χ1v) is 7.36. The molecule has 0 spiro atoms. The second-order valence-corrected chi connectivity index (χ2v) is 5.82. The van der Waals surface area contributed by atoms with Crippen molar-refractivity contribution in [1.29, 1.82) is 0 Å². The number of benzene rings is 1. The highest BCUT2D eigenvalue weighted by Crippen LogP contribution is 2.33. The van der Waals surface area contributed by atoms with Crippen molar-refractivity contribution in [2.75, 3.05) is 11.9 Å². The van der Waals surface area contributed by atoms with Gasteiger partial charge in [0.1, 0.15) is 5.78 Å². The van der Waals surface area contributed by atoms with Gasteiger partial charge in [-0.3, -0.25) is 19.8 Å². The molecule has 1 saturated heterocycles. The summed E-state index contributed by atoms with van der Waals surface area (Å²) in [5.74, 6) is 0.207. The zero-order valence-electron chi connectivity index (χ0n) is 12.0. The second kappa shape index (κ2) is 5.44. The Morgan fingerprint density at radius 2 is 2.24 bits per heavy atom. The van der Waals surface area contributed by atoms with Crippen LogP contribution in [0.4, 0.5) is 11.4 Å². The number of carbonyl (C=O) groups is 1. The van der Waals surface area contributed by atoms with Crippen LogP contribution in [0, 0.1) is 10.1 Å². The molecule has 2 atom stereocenters. The molecule has 2 aliphatic rings. The topological polar surface area (TPSA) is 75.5 Å². The Balaban J connectivity index is 1.80. The lowest BCUT2D eigenvalue weighted by Gasteiger charge is -2.38. The lowest BCUT2D eigenvalue weighted by molar-refractivity contribution is -0.384. The van der Waals surface area contributed by atoms with Gasteiger partial charge >= 0.3 is 0 Å². The number of Topliss-reactive ketones (excluding diaryl/α,β-unsaturated/α-hetero) is 1. The molecular weight excluding hydrogens is 270 g/mol. The van der Waals surface area contributed by atoms with E-state index in [-0.39, 0.29) is 28.6 Å². The average molecular weight is 289 g/mol. The maximum Gasteiger partial charge on any atom is 0.271 e. The molecule has 1 fully saturated rings. The van der Waals surface area contributed by atoms with Crippen molar-refractivity contribution >= 4 is 17.2 Å². The number of non-ortho nitro benzene ring substituents is 1. The maximum atomic E-state index is 11.8. The number of ketones is 1. The van der Waals surface area contributed by atoms with Crippen LogP contribution in [0.15, 0.2) is 18.2 Å². The third-order valence-corrected chi connectivity index (χ3v) is 4.45. The summed E-state index contributed by atoms with van der Waals surface area (Å²) in [7, 11) is 0. The van der Waals surface area contributed by atoms with Crippen LogP contribution in [0.2, 0.25) is 0 Å². The SMILES string of the molecule is CC(=O)C1CCCCN1C1Cc2ccc([N+](=O)[O-])cc2N1. The first kappa shape index (κ1) is 14.0. The molecular formula is C15H19N3O3. The Morgan fingerprint density at radius 3 is 2.95 bits per heavy atom. The first-order valence-electron chi connectivity index (χ1n) is 7.36. The van der Waals surface area contributed by atoms with Gasteiger partial charge in [-0.2, -0.15) is 0 Å².